The van der Waals surface area contributed by atoms with Gasteiger partial charge in [-0.3, -0.25) is 0 Å². The Morgan fingerprint density at radius 3 is 1.86 bits per heavy atom. The maximum Gasteiger partial charge on any atom is 0.333 e. The number of hydrogen-bond acceptors (Lipinski definition) is 24. The first kappa shape index (κ1) is 52.5. The van der Waals surface area contributed by atoms with Gasteiger partial charge >= 0.3 is 5.97 Å². The van der Waals surface area contributed by atoms with Crippen LogP contribution in [0.15, 0.2) is 12.1 Å². The maximum absolute atomic E-state index is 12.3. The van der Waals surface area contributed by atoms with Crippen LogP contribution in [0.2, 0.25) is 0 Å². The summed E-state index contributed by atoms with van der Waals surface area (Å²) in [6.45, 7) is 0.586. The van der Waals surface area contributed by atoms with Crippen LogP contribution in [-0.2, 0) is 38.0 Å². The lowest BCUT2D eigenvalue weighted by molar-refractivity contribution is -0.366. The first-order chi connectivity index (χ1) is 30.4. The van der Waals surface area contributed by atoms with E-state index < -0.39 is 154 Å². The van der Waals surface area contributed by atoms with Gasteiger partial charge < -0.3 is 114 Å². The lowest BCUT2D eigenvalue weighted by atomic mass is 9.96. The van der Waals surface area contributed by atoms with Gasteiger partial charge in [-0.05, 0) is 45.7 Å². The number of carbonyl (C=O) groups is 1. The molecular formula is C39H66N2O23. The smallest absolute Gasteiger partial charge is 0.333 e. The third-order valence-electron chi connectivity index (χ3n) is 11.9. The summed E-state index contributed by atoms with van der Waals surface area (Å²) in [6, 6.07) is 2.32. The largest absolute Gasteiger partial charge is 0.492 e. The number of hydrogen-bond donors (Lipinski definition) is 14. The summed E-state index contributed by atoms with van der Waals surface area (Å²) < 4.78 is 40.6. The third-order valence-corrected chi connectivity index (χ3v) is 11.9. The number of ether oxygens (including phenoxy) is 7. The fourth-order valence-corrected chi connectivity index (χ4v) is 7.95. The molecule has 0 bridgehead atoms. The van der Waals surface area contributed by atoms with Crippen LogP contribution >= 0.6 is 0 Å². The van der Waals surface area contributed by atoms with Crippen LogP contribution in [0.25, 0.3) is 0 Å². The average molecular weight is 931 g/mol. The predicted octanol–water partition coefficient (Wildman–Crippen LogP) is -6.14. The van der Waals surface area contributed by atoms with Gasteiger partial charge in [0.1, 0.15) is 73.2 Å². The SMILES string of the molecule is CC1OC(CCCN(CCCCCC(=O)On2c(O)ccc2O)CCOC2OC(COC3OC(CO)C(O)C(O)C3O)C(O)C(OC3OC(CO)C(O)C(O)C3O)C2O)C(O)CC1O. The molecule has 0 spiro atoms. The summed E-state index contributed by atoms with van der Waals surface area (Å²) in [6.07, 6.45) is -25.3. The van der Waals surface area contributed by atoms with E-state index in [0.29, 0.717) is 49.9 Å². The second-order valence-electron chi connectivity index (χ2n) is 16.6. The molecule has 0 aliphatic carbocycles. The van der Waals surface area contributed by atoms with Gasteiger partial charge in [0.15, 0.2) is 18.9 Å². The minimum atomic E-state index is -1.92. The molecule has 5 heterocycles. The number of carbonyl (C=O) groups excluding carboxylic acids is 1. The minimum Gasteiger partial charge on any atom is -0.492 e. The summed E-state index contributed by atoms with van der Waals surface area (Å²) in [7, 11) is 0. The second-order valence-corrected chi connectivity index (χ2v) is 16.6. The van der Waals surface area contributed by atoms with Crippen LogP contribution in [0, 0.1) is 0 Å². The van der Waals surface area contributed by atoms with Gasteiger partial charge in [0.05, 0.1) is 50.8 Å². The van der Waals surface area contributed by atoms with Gasteiger partial charge in [-0.2, -0.15) is 0 Å². The van der Waals surface area contributed by atoms with E-state index in [-0.39, 0.29) is 26.0 Å². The van der Waals surface area contributed by atoms with Crippen molar-refractivity contribution < 1.29 is 114 Å². The van der Waals surface area contributed by atoms with Crippen molar-refractivity contribution in [2.24, 2.45) is 0 Å². The monoisotopic (exact) mass is 930 g/mol. The highest BCUT2D eigenvalue weighted by molar-refractivity contribution is 5.69. The van der Waals surface area contributed by atoms with E-state index in [9.17, 15) is 76.3 Å². The van der Waals surface area contributed by atoms with E-state index in [2.05, 4.69) is 0 Å². The molecule has 19 unspecified atom stereocenters. The van der Waals surface area contributed by atoms with Crippen molar-refractivity contribution >= 4 is 5.97 Å². The number of aromatic hydroxyl groups is 2. The van der Waals surface area contributed by atoms with Crippen molar-refractivity contribution in [2.75, 3.05) is 46.1 Å². The Bertz CT molecular complexity index is 1520. The Morgan fingerprint density at radius 1 is 0.641 bits per heavy atom. The van der Waals surface area contributed by atoms with Crippen LogP contribution in [0.5, 0.6) is 11.8 Å². The number of rotatable bonds is 22. The second kappa shape index (κ2) is 24.5. The first-order valence-electron chi connectivity index (χ1n) is 21.5. The highest BCUT2D eigenvalue weighted by Crippen LogP contribution is 2.31. The van der Waals surface area contributed by atoms with Crippen LogP contribution in [0.3, 0.4) is 0 Å². The third kappa shape index (κ3) is 13.4. The lowest BCUT2D eigenvalue weighted by Crippen LogP contribution is -2.65. The van der Waals surface area contributed by atoms with E-state index in [1.165, 1.54) is 0 Å². The number of aromatic nitrogens is 1. The molecule has 0 saturated carbocycles. The Labute approximate surface area is 368 Å². The molecule has 1 aromatic heterocycles. The molecule has 0 amide bonds. The van der Waals surface area contributed by atoms with E-state index in [1.807, 2.05) is 4.90 Å². The van der Waals surface area contributed by atoms with Crippen molar-refractivity contribution in [2.45, 2.75) is 168 Å². The van der Waals surface area contributed by atoms with E-state index in [4.69, 9.17) is 38.0 Å². The molecule has 0 radical (unpaired) electrons. The molecule has 64 heavy (non-hydrogen) atoms. The van der Waals surface area contributed by atoms with E-state index in [0.717, 1.165) is 12.1 Å². The molecule has 25 nitrogen and oxygen atoms in total. The minimum absolute atomic E-state index is 0.0164. The van der Waals surface area contributed by atoms with Crippen molar-refractivity contribution in [3.05, 3.63) is 12.1 Å². The summed E-state index contributed by atoms with van der Waals surface area (Å²) >= 11 is 0. The van der Waals surface area contributed by atoms with Gasteiger partial charge in [-0.15, -0.1) is 4.73 Å². The topological polar surface area (TPSA) is 382 Å². The number of aliphatic hydroxyl groups excluding tert-OH is 12. The molecule has 4 fully saturated rings. The van der Waals surface area contributed by atoms with Gasteiger partial charge in [0, 0.05) is 31.5 Å². The van der Waals surface area contributed by atoms with Gasteiger partial charge in [-0.25, -0.2) is 4.79 Å². The first-order valence-corrected chi connectivity index (χ1v) is 21.5. The molecule has 25 heteroatoms. The molecule has 370 valence electrons. The summed E-state index contributed by atoms with van der Waals surface area (Å²) in [5, 5.41) is 144. The Morgan fingerprint density at radius 2 is 1.22 bits per heavy atom. The van der Waals surface area contributed by atoms with Crippen molar-refractivity contribution in [3.8, 4) is 11.8 Å². The summed E-state index contributed by atoms with van der Waals surface area (Å²) in [4.78, 5) is 19.3. The molecule has 4 saturated heterocycles. The zero-order valence-corrected chi connectivity index (χ0v) is 35.4. The van der Waals surface area contributed by atoms with Gasteiger partial charge in [0.2, 0.25) is 11.8 Å². The normalized spacial score (nSPS) is 39.6. The molecule has 5 rings (SSSR count). The summed E-state index contributed by atoms with van der Waals surface area (Å²) in [5.74, 6) is -1.58. The highest BCUT2D eigenvalue weighted by atomic mass is 16.8. The maximum atomic E-state index is 12.3. The molecule has 14 N–H and O–H groups in total. The van der Waals surface area contributed by atoms with Crippen molar-refractivity contribution in [3.63, 3.8) is 0 Å². The van der Waals surface area contributed by atoms with Gasteiger partial charge in [0.25, 0.3) is 0 Å². The Hall–Kier alpha value is -2.45. The van der Waals surface area contributed by atoms with Crippen LogP contribution in [0.1, 0.15) is 51.9 Å². The van der Waals surface area contributed by atoms with Crippen molar-refractivity contribution in [1.82, 2.24) is 9.63 Å². The Kier molecular flexibility index (Phi) is 20.1. The molecule has 19 atom stereocenters. The number of nitrogens with zero attached hydrogens (tertiary/aromatic N) is 2. The highest BCUT2D eigenvalue weighted by Gasteiger charge is 2.52. The van der Waals surface area contributed by atoms with E-state index in [1.54, 1.807) is 6.92 Å². The van der Waals surface area contributed by atoms with Crippen LogP contribution < -0.4 is 4.84 Å². The fourth-order valence-electron chi connectivity index (χ4n) is 7.95. The quantitative estimate of drug-likeness (QED) is 0.0481. The van der Waals surface area contributed by atoms with Crippen LogP contribution in [-0.4, -0.2) is 250 Å². The van der Waals surface area contributed by atoms with Crippen molar-refractivity contribution in [1.29, 1.82) is 0 Å². The molecule has 1 aromatic rings. The molecule has 4 aliphatic heterocycles. The average Bonchev–Trinajstić information content (AvgIpc) is 3.58. The zero-order chi connectivity index (χ0) is 46.8. The molecule has 0 aromatic carbocycles. The number of aliphatic hydroxyl groups is 12. The molecule has 4 aliphatic rings. The van der Waals surface area contributed by atoms with Gasteiger partial charge in [-0.1, -0.05) is 6.42 Å². The zero-order valence-electron chi connectivity index (χ0n) is 35.4. The molecular weight excluding hydrogens is 864 g/mol. The van der Waals surface area contributed by atoms with Crippen LogP contribution in [0.4, 0.5) is 0 Å². The predicted molar refractivity (Wildman–Crippen MR) is 209 cm³/mol. The lowest BCUT2D eigenvalue weighted by Gasteiger charge is -2.46. The summed E-state index contributed by atoms with van der Waals surface area (Å²) in [5.41, 5.74) is 0. The fraction of sp³-hybridized carbons (Fsp3) is 0.872. The standard InChI is InChI=1S/C39H66N2O23/c1-18-19(44)14-20(45)21(59-18)6-5-11-40(10-4-2-3-7-27(48)64-41-25(46)8-9-26(41)47)12-13-57-38-35(56)36(63-39-34(55)32(53)29(50)23(16-43)61-39)30(51)24(62-38)17-58-37-33(54)31(52)28(49)22(15-42)60-37/h8-9,18-24,28-39,42-47,49-56H,2-7,10-17H2,1H3. The van der Waals surface area contributed by atoms with E-state index >= 15 is 0 Å². The number of unbranched alkanes of at least 4 members (excludes halogenated alkanes) is 2. The Balaban J connectivity index is 1.23.